The normalized spacial score (nSPS) is 11.2. The van der Waals surface area contributed by atoms with E-state index >= 15 is 0 Å². The maximum absolute atomic E-state index is 5.83. The molecule has 1 aromatic rings. The van der Waals surface area contributed by atoms with E-state index in [4.69, 9.17) is 9.47 Å². The molecule has 0 fully saturated rings. The van der Waals surface area contributed by atoms with Gasteiger partial charge in [-0.05, 0) is 26.5 Å². The third kappa shape index (κ3) is 4.41. The fraction of sp³-hybridized carbons (Fsp3) is 0.467. The van der Waals surface area contributed by atoms with Gasteiger partial charge < -0.3 is 14.8 Å². The predicted molar refractivity (Wildman–Crippen MR) is 76.3 cm³/mol. The van der Waals surface area contributed by atoms with Gasteiger partial charge in [0.25, 0.3) is 0 Å². The first-order valence-corrected chi connectivity index (χ1v) is 6.40. The van der Waals surface area contributed by atoms with Gasteiger partial charge in [-0.3, -0.25) is 0 Å². The summed E-state index contributed by atoms with van der Waals surface area (Å²) in [5, 5.41) is 3.25. The Labute approximate surface area is 110 Å². The van der Waals surface area contributed by atoms with Crippen LogP contribution in [0.1, 0.15) is 26.3 Å². The molecular weight excluding hydrogens is 226 g/mol. The molecule has 1 aromatic carbocycles. The van der Waals surface area contributed by atoms with Crippen molar-refractivity contribution in [2.45, 2.75) is 26.9 Å². The van der Waals surface area contributed by atoms with Gasteiger partial charge in [-0.2, -0.15) is 0 Å². The Morgan fingerprint density at radius 3 is 2.72 bits per heavy atom. The van der Waals surface area contributed by atoms with Crippen molar-refractivity contribution in [3.8, 4) is 11.5 Å². The second-order valence-electron chi connectivity index (χ2n) is 4.26. The highest BCUT2D eigenvalue weighted by atomic mass is 16.5. The van der Waals surface area contributed by atoms with Crippen molar-refractivity contribution < 1.29 is 9.47 Å². The number of para-hydroxylation sites is 1. The molecule has 0 aliphatic carbocycles. The third-order valence-corrected chi connectivity index (χ3v) is 2.39. The molecule has 0 aromatic heterocycles. The molecule has 100 valence electrons. The average Bonchev–Trinajstić information content (AvgIpc) is 2.35. The monoisotopic (exact) mass is 249 g/mol. The summed E-state index contributed by atoms with van der Waals surface area (Å²) in [6.07, 6.45) is 4.27. The van der Waals surface area contributed by atoms with Crippen LogP contribution in [-0.4, -0.2) is 26.3 Å². The van der Waals surface area contributed by atoms with Gasteiger partial charge in [0.05, 0.1) is 13.2 Å². The van der Waals surface area contributed by atoms with Crippen molar-refractivity contribution in [2.75, 3.05) is 20.2 Å². The van der Waals surface area contributed by atoms with Crippen molar-refractivity contribution >= 4 is 6.08 Å². The molecule has 3 nitrogen and oxygen atoms in total. The number of rotatable bonds is 7. The molecule has 0 unspecified atom stereocenters. The first-order chi connectivity index (χ1) is 8.69. The summed E-state index contributed by atoms with van der Waals surface area (Å²) in [7, 11) is 1.66. The Balaban J connectivity index is 2.91. The van der Waals surface area contributed by atoms with Gasteiger partial charge in [0, 0.05) is 12.1 Å². The zero-order valence-electron chi connectivity index (χ0n) is 11.7. The lowest BCUT2D eigenvalue weighted by Crippen LogP contribution is -2.11. The SMILES string of the molecule is CCNCC=Cc1cccc(OC)c1OC(C)C. The van der Waals surface area contributed by atoms with Crippen LogP contribution in [0.25, 0.3) is 6.08 Å². The van der Waals surface area contributed by atoms with Crippen LogP contribution in [0.2, 0.25) is 0 Å². The number of likely N-dealkylation sites (N-methyl/N-ethyl adjacent to an activating group) is 1. The molecule has 0 amide bonds. The molecule has 1 rings (SSSR count). The summed E-state index contributed by atoms with van der Waals surface area (Å²) in [6.45, 7) is 7.94. The van der Waals surface area contributed by atoms with E-state index in [9.17, 15) is 0 Å². The largest absolute Gasteiger partial charge is 0.493 e. The van der Waals surface area contributed by atoms with Crippen molar-refractivity contribution in [2.24, 2.45) is 0 Å². The Morgan fingerprint density at radius 1 is 1.33 bits per heavy atom. The van der Waals surface area contributed by atoms with Crippen LogP contribution in [0, 0.1) is 0 Å². The molecule has 3 heteroatoms. The summed E-state index contributed by atoms with van der Waals surface area (Å²) in [5.41, 5.74) is 1.04. The number of methoxy groups -OCH3 is 1. The molecule has 0 heterocycles. The first-order valence-electron chi connectivity index (χ1n) is 6.40. The summed E-state index contributed by atoms with van der Waals surface area (Å²) in [4.78, 5) is 0. The molecule has 0 saturated heterocycles. The Hall–Kier alpha value is -1.48. The van der Waals surface area contributed by atoms with Crippen molar-refractivity contribution in [1.29, 1.82) is 0 Å². The average molecular weight is 249 g/mol. The van der Waals surface area contributed by atoms with Gasteiger partial charge in [0.15, 0.2) is 11.5 Å². The lowest BCUT2D eigenvalue weighted by Gasteiger charge is -2.15. The zero-order chi connectivity index (χ0) is 13.4. The smallest absolute Gasteiger partial charge is 0.168 e. The topological polar surface area (TPSA) is 30.5 Å². The van der Waals surface area contributed by atoms with Gasteiger partial charge in [-0.25, -0.2) is 0 Å². The Kier molecular flexibility index (Phi) is 6.29. The molecule has 0 aliphatic heterocycles. The van der Waals surface area contributed by atoms with Crippen LogP contribution >= 0.6 is 0 Å². The second-order valence-corrected chi connectivity index (χ2v) is 4.26. The summed E-state index contributed by atoms with van der Waals surface area (Å²) in [6, 6.07) is 5.92. The Bertz CT molecular complexity index is 386. The molecule has 0 radical (unpaired) electrons. The molecule has 1 N–H and O–H groups in total. The lowest BCUT2D eigenvalue weighted by atomic mass is 10.1. The highest BCUT2D eigenvalue weighted by Gasteiger charge is 2.09. The minimum atomic E-state index is 0.127. The third-order valence-electron chi connectivity index (χ3n) is 2.39. The van der Waals surface area contributed by atoms with Gasteiger partial charge in [-0.15, -0.1) is 0 Å². The van der Waals surface area contributed by atoms with Crippen LogP contribution in [0.4, 0.5) is 0 Å². The maximum Gasteiger partial charge on any atom is 0.168 e. The van der Waals surface area contributed by atoms with Crippen LogP contribution in [0.15, 0.2) is 24.3 Å². The summed E-state index contributed by atoms with van der Waals surface area (Å²) >= 11 is 0. The predicted octanol–water partition coefficient (Wildman–Crippen LogP) is 3.11. The van der Waals surface area contributed by atoms with E-state index in [1.54, 1.807) is 7.11 Å². The van der Waals surface area contributed by atoms with E-state index in [1.165, 1.54) is 0 Å². The number of hydrogen-bond donors (Lipinski definition) is 1. The van der Waals surface area contributed by atoms with Crippen LogP contribution in [0.5, 0.6) is 11.5 Å². The second kappa shape index (κ2) is 7.77. The van der Waals surface area contributed by atoms with Crippen molar-refractivity contribution in [1.82, 2.24) is 5.32 Å². The highest BCUT2D eigenvalue weighted by molar-refractivity contribution is 5.62. The van der Waals surface area contributed by atoms with Gasteiger partial charge in [0.2, 0.25) is 0 Å². The van der Waals surface area contributed by atoms with Gasteiger partial charge >= 0.3 is 0 Å². The van der Waals surface area contributed by atoms with Crippen LogP contribution < -0.4 is 14.8 Å². The molecule has 0 saturated carbocycles. The van der Waals surface area contributed by atoms with E-state index in [0.717, 1.165) is 30.2 Å². The Morgan fingerprint density at radius 2 is 2.11 bits per heavy atom. The van der Waals surface area contributed by atoms with Gasteiger partial charge in [-0.1, -0.05) is 31.2 Å². The molecule has 18 heavy (non-hydrogen) atoms. The van der Waals surface area contributed by atoms with Crippen LogP contribution in [-0.2, 0) is 0 Å². The number of ether oxygens (including phenoxy) is 2. The summed E-state index contributed by atoms with van der Waals surface area (Å²) < 4.78 is 11.2. The number of nitrogens with one attached hydrogen (secondary N) is 1. The van der Waals surface area contributed by atoms with E-state index in [0.29, 0.717) is 0 Å². The lowest BCUT2D eigenvalue weighted by molar-refractivity contribution is 0.229. The molecular formula is C15H23NO2. The fourth-order valence-corrected chi connectivity index (χ4v) is 1.60. The van der Waals surface area contributed by atoms with E-state index < -0.39 is 0 Å². The van der Waals surface area contributed by atoms with Gasteiger partial charge in [0.1, 0.15) is 0 Å². The molecule has 0 aliphatic rings. The van der Waals surface area contributed by atoms with Crippen molar-refractivity contribution in [3.05, 3.63) is 29.8 Å². The highest BCUT2D eigenvalue weighted by Crippen LogP contribution is 2.32. The number of benzene rings is 1. The molecule has 0 bridgehead atoms. The molecule has 0 spiro atoms. The van der Waals surface area contributed by atoms with Crippen molar-refractivity contribution in [3.63, 3.8) is 0 Å². The van der Waals surface area contributed by atoms with Crippen LogP contribution in [0.3, 0.4) is 0 Å². The fourth-order valence-electron chi connectivity index (χ4n) is 1.60. The zero-order valence-corrected chi connectivity index (χ0v) is 11.7. The minimum Gasteiger partial charge on any atom is -0.493 e. The van der Waals surface area contributed by atoms with E-state index in [2.05, 4.69) is 24.4 Å². The standard InChI is InChI=1S/C15H23NO2/c1-5-16-11-7-9-13-8-6-10-14(17-4)15(13)18-12(2)3/h6-10,12,16H,5,11H2,1-4H3. The van der Waals surface area contributed by atoms with E-state index in [-0.39, 0.29) is 6.10 Å². The maximum atomic E-state index is 5.83. The summed E-state index contributed by atoms with van der Waals surface area (Å²) in [5.74, 6) is 1.58. The quantitative estimate of drug-likeness (QED) is 0.753. The van der Waals surface area contributed by atoms with E-state index in [1.807, 2.05) is 32.0 Å². The minimum absolute atomic E-state index is 0.127. The molecule has 0 atom stereocenters. The first kappa shape index (κ1) is 14.6. The number of hydrogen-bond acceptors (Lipinski definition) is 3.